The Balaban J connectivity index is 2.41. The highest BCUT2D eigenvalue weighted by molar-refractivity contribution is 9.10. The molecule has 1 heterocycles. The zero-order chi connectivity index (χ0) is 15.7. The maximum absolute atomic E-state index is 12.4. The SMILES string of the molecule is CS(=N)(=O)CCNS(=O)(=O)c1cccc2cncc(Br)c12. The molecule has 0 aliphatic heterocycles. The molecule has 2 aromatic rings. The second kappa shape index (κ2) is 5.99. The summed E-state index contributed by atoms with van der Waals surface area (Å²) in [4.78, 5) is 4.13. The van der Waals surface area contributed by atoms with Crippen molar-refractivity contribution in [2.75, 3.05) is 18.6 Å². The number of sulfonamides is 1. The lowest BCUT2D eigenvalue weighted by Gasteiger charge is -2.10. The van der Waals surface area contributed by atoms with E-state index in [1.54, 1.807) is 18.3 Å². The first kappa shape index (κ1) is 16.3. The highest BCUT2D eigenvalue weighted by Crippen LogP contribution is 2.28. The number of hydrogen-bond donors (Lipinski definition) is 2. The number of pyridine rings is 1. The minimum absolute atomic E-state index is 0.0281. The fourth-order valence-corrected chi connectivity index (χ4v) is 4.42. The van der Waals surface area contributed by atoms with Gasteiger partial charge in [-0.1, -0.05) is 12.1 Å². The molecule has 1 aromatic carbocycles. The van der Waals surface area contributed by atoms with Gasteiger partial charge in [0.1, 0.15) is 0 Å². The van der Waals surface area contributed by atoms with Crippen LogP contribution in [0.3, 0.4) is 0 Å². The van der Waals surface area contributed by atoms with E-state index in [2.05, 4.69) is 25.6 Å². The van der Waals surface area contributed by atoms with Crippen molar-refractivity contribution >= 4 is 46.5 Å². The number of hydrogen-bond acceptors (Lipinski definition) is 5. The van der Waals surface area contributed by atoms with E-state index in [-0.39, 0.29) is 17.2 Å². The van der Waals surface area contributed by atoms with Gasteiger partial charge in [0.25, 0.3) is 0 Å². The Morgan fingerprint density at radius 1 is 1.29 bits per heavy atom. The molecule has 6 nitrogen and oxygen atoms in total. The highest BCUT2D eigenvalue weighted by Gasteiger charge is 2.18. The Morgan fingerprint density at radius 2 is 2.00 bits per heavy atom. The minimum Gasteiger partial charge on any atom is -0.263 e. The van der Waals surface area contributed by atoms with E-state index in [1.165, 1.54) is 18.5 Å². The van der Waals surface area contributed by atoms with Gasteiger partial charge in [-0.2, -0.15) is 0 Å². The molecular weight excluding hydrogens is 378 g/mol. The second-order valence-electron chi connectivity index (χ2n) is 4.58. The van der Waals surface area contributed by atoms with Crippen molar-refractivity contribution < 1.29 is 12.6 Å². The quantitative estimate of drug-likeness (QED) is 0.812. The van der Waals surface area contributed by atoms with Crippen molar-refractivity contribution in [1.82, 2.24) is 9.71 Å². The minimum atomic E-state index is -3.75. The molecule has 0 spiro atoms. The van der Waals surface area contributed by atoms with Crippen LogP contribution in [0.25, 0.3) is 10.8 Å². The third kappa shape index (κ3) is 4.00. The van der Waals surface area contributed by atoms with Gasteiger partial charge < -0.3 is 0 Å². The van der Waals surface area contributed by atoms with Gasteiger partial charge in [-0.3, -0.25) is 14.0 Å². The smallest absolute Gasteiger partial charge is 0.241 e. The summed E-state index contributed by atoms with van der Waals surface area (Å²) in [5, 5.41) is 1.25. The van der Waals surface area contributed by atoms with Gasteiger partial charge in [-0.25, -0.2) is 13.1 Å². The summed E-state index contributed by atoms with van der Waals surface area (Å²) in [6.07, 6.45) is 4.40. The average Bonchev–Trinajstić information content (AvgIpc) is 2.36. The normalized spacial score (nSPS) is 15.0. The number of nitrogens with one attached hydrogen (secondary N) is 2. The van der Waals surface area contributed by atoms with E-state index < -0.39 is 19.8 Å². The summed E-state index contributed by atoms with van der Waals surface area (Å²) >= 11 is 3.31. The van der Waals surface area contributed by atoms with Crippen LogP contribution in [0.1, 0.15) is 0 Å². The molecule has 114 valence electrons. The standard InChI is InChI=1S/C12H14BrN3O3S2/c1-20(14,17)6-5-16-21(18,19)11-4-2-3-9-7-15-8-10(13)12(9)11/h2-4,7-8,14,16H,5-6H2,1H3. The van der Waals surface area contributed by atoms with E-state index in [1.807, 2.05) is 0 Å². The van der Waals surface area contributed by atoms with E-state index in [9.17, 15) is 12.6 Å². The molecule has 0 aliphatic carbocycles. The van der Waals surface area contributed by atoms with E-state index >= 15 is 0 Å². The molecule has 1 atom stereocenters. The Kier molecular flexibility index (Phi) is 4.66. The van der Waals surface area contributed by atoms with Crippen molar-refractivity contribution in [2.45, 2.75) is 4.90 Å². The van der Waals surface area contributed by atoms with Gasteiger partial charge in [-0.15, -0.1) is 0 Å². The first-order valence-electron chi connectivity index (χ1n) is 5.94. The first-order valence-corrected chi connectivity index (χ1v) is 10.4. The van der Waals surface area contributed by atoms with Gasteiger partial charge in [0.2, 0.25) is 10.0 Å². The van der Waals surface area contributed by atoms with Crippen LogP contribution in [0.2, 0.25) is 0 Å². The monoisotopic (exact) mass is 391 g/mol. The summed E-state index contributed by atoms with van der Waals surface area (Å²) in [5.74, 6) is -0.0281. The summed E-state index contributed by atoms with van der Waals surface area (Å²) in [5.41, 5.74) is 0. The van der Waals surface area contributed by atoms with Crippen LogP contribution in [0, 0.1) is 4.78 Å². The molecular formula is C12H14BrN3O3S2. The molecule has 9 heteroatoms. The van der Waals surface area contributed by atoms with Crippen LogP contribution in [0.4, 0.5) is 0 Å². The Hall–Kier alpha value is -1.03. The van der Waals surface area contributed by atoms with Crippen molar-refractivity contribution in [2.24, 2.45) is 0 Å². The van der Waals surface area contributed by atoms with Crippen molar-refractivity contribution in [3.63, 3.8) is 0 Å². The number of benzene rings is 1. The van der Waals surface area contributed by atoms with Crippen LogP contribution in [-0.4, -0.2) is 36.2 Å². The second-order valence-corrected chi connectivity index (χ2v) is 9.59. The molecule has 0 fully saturated rings. The molecule has 0 saturated heterocycles. The summed E-state index contributed by atoms with van der Waals surface area (Å²) < 4.78 is 46.3. The predicted octanol–water partition coefficient (Wildman–Crippen LogP) is 1.95. The predicted molar refractivity (Wildman–Crippen MR) is 86.3 cm³/mol. The largest absolute Gasteiger partial charge is 0.263 e. The fraction of sp³-hybridized carbons (Fsp3) is 0.250. The molecule has 0 bridgehead atoms. The number of rotatable bonds is 5. The molecule has 0 amide bonds. The van der Waals surface area contributed by atoms with E-state index in [0.717, 1.165) is 0 Å². The summed E-state index contributed by atoms with van der Waals surface area (Å²) in [6.45, 7) is -0.0414. The van der Waals surface area contributed by atoms with Crippen molar-refractivity contribution in [1.29, 1.82) is 4.78 Å². The zero-order valence-corrected chi connectivity index (χ0v) is 14.4. The maximum atomic E-state index is 12.4. The molecule has 1 unspecified atom stereocenters. The van der Waals surface area contributed by atoms with Gasteiger partial charge in [0, 0.05) is 55.9 Å². The fourth-order valence-electron chi connectivity index (χ4n) is 1.83. The molecule has 0 aliphatic rings. The van der Waals surface area contributed by atoms with Crippen LogP contribution in [0.15, 0.2) is 40.0 Å². The first-order chi connectivity index (χ1) is 9.71. The average molecular weight is 392 g/mol. The van der Waals surface area contributed by atoms with Crippen LogP contribution in [-0.2, 0) is 19.8 Å². The highest BCUT2D eigenvalue weighted by atomic mass is 79.9. The van der Waals surface area contributed by atoms with Gasteiger partial charge >= 0.3 is 0 Å². The topological polar surface area (TPSA) is 100.0 Å². The molecule has 0 radical (unpaired) electrons. The maximum Gasteiger partial charge on any atom is 0.241 e. The van der Waals surface area contributed by atoms with Crippen LogP contribution >= 0.6 is 15.9 Å². The number of aromatic nitrogens is 1. The number of halogens is 1. The molecule has 2 rings (SSSR count). The van der Waals surface area contributed by atoms with Gasteiger partial charge in [0.15, 0.2) is 0 Å². The lowest BCUT2D eigenvalue weighted by atomic mass is 10.2. The summed E-state index contributed by atoms with van der Waals surface area (Å²) in [6, 6.07) is 4.91. The molecule has 2 N–H and O–H groups in total. The van der Waals surface area contributed by atoms with E-state index in [4.69, 9.17) is 4.78 Å². The van der Waals surface area contributed by atoms with Crippen LogP contribution in [0.5, 0.6) is 0 Å². The Morgan fingerprint density at radius 3 is 2.67 bits per heavy atom. The number of fused-ring (bicyclic) bond motifs is 1. The van der Waals surface area contributed by atoms with Gasteiger partial charge in [-0.05, 0) is 22.0 Å². The molecule has 1 aromatic heterocycles. The molecule has 0 saturated carbocycles. The van der Waals surface area contributed by atoms with Crippen molar-refractivity contribution in [3.05, 3.63) is 35.1 Å². The van der Waals surface area contributed by atoms with Crippen LogP contribution < -0.4 is 4.72 Å². The molecule has 21 heavy (non-hydrogen) atoms. The Bertz CT molecular complexity index is 875. The lowest BCUT2D eigenvalue weighted by Crippen LogP contribution is -2.28. The Labute approximate surface area is 132 Å². The zero-order valence-electron chi connectivity index (χ0n) is 11.2. The summed E-state index contributed by atoms with van der Waals surface area (Å²) in [7, 11) is -6.47. The van der Waals surface area contributed by atoms with E-state index in [0.29, 0.717) is 15.2 Å². The van der Waals surface area contributed by atoms with Crippen molar-refractivity contribution in [3.8, 4) is 0 Å². The van der Waals surface area contributed by atoms with Gasteiger partial charge in [0.05, 0.1) is 4.90 Å². The number of nitrogens with zero attached hydrogens (tertiary/aromatic N) is 1. The third-order valence-corrected chi connectivity index (χ3v) is 5.86. The third-order valence-electron chi connectivity index (χ3n) is 2.77. The lowest BCUT2D eigenvalue weighted by molar-refractivity contribution is 0.585.